The van der Waals surface area contributed by atoms with E-state index in [1.165, 1.54) is 43.1 Å². The number of carbonyl (C=O) groups excluding carboxylic acids is 1. The number of nitro benzene ring substituents is 2. The molecule has 0 aliphatic rings. The highest BCUT2D eigenvalue weighted by Crippen LogP contribution is 2.29. The van der Waals surface area contributed by atoms with Crippen LogP contribution in [0.4, 0.5) is 15.8 Å². The van der Waals surface area contributed by atoms with Gasteiger partial charge >= 0.3 is 0 Å². The van der Waals surface area contributed by atoms with Gasteiger partial charge in [0.25, 0.3) is 17.3 Å². The zero-order valence-electron chi connectivity index (χ0n) is 13.4. The van der Waals surface area contributed by atoms with Gasteiger partial charge < -0.3 is 4.90 Å². The molecule has 8 nitrogen and oxygen atoms in total. The molecule has 2 rings (SSSR count). The second-order valence-corrected chi connectivity index (χ2v) is 5.44. The Balaban J connectivity index is 2.38. The molecule has 9 heteroatoms. The van der Waals surface area contributed by atoms with Gasteiger partial charge in [-0.1, -0.05) is 12.1 Å². The molecule has 0 bridgehead atoms. The number of nitrogens with zero attached hydrogens (tertiary/aromatic N) is 3. The number of nitro groups is 2. The van der Waals surface area contributed by atoms with Crippen molar-refractivity contribution in [2.45, 2.75) is 13.5 Å². The van der Waals surface area contributed by atoms with Crippen molar-refractivity contribution >= 4 is 17.3 Å². The number of non-ortho nitro benzene ring substituents is 1. The van der Waals surface area contributed by atoms with Crippen molar-refractivity contribution in [1.29, 1.82) is 0 Å². The van der Waals surface area contributed by atoms with E-state index in [1.807, 2.05) is 0 Å². The monoisotopic (exact) mass is 347 g/mol. The van der Waals surface area contributed by atoms with E-state index >= 15 is 0 Å². The Hall–Kier alpha value is -3.36. The van der Waals surface area contributed by atoms with E-state index in [-0.39, 0.29) is 17.7 Å². The molecular weight excluding hydrogens is 333 g/mol. The maximum atomic E-state index is 12.9. The minimum absolute atomic E-state index is 0.0477. The Kier molecular flexibility index (Phi) is 5.06. The van der Waals surface area contributed by atoms with Gasteiger partial charge in [-0.2, -0.15) is 0 Å². The molecule has 0 unspecified atom stereocenters. The summed E-state index contributed by atoms with van der Waals surface area (Å²) in [6.45, 7) is 1.48. The zero-order chi connectivity index (χ0) is 18.7. The third-order valence-electron chi connectivity index (χ3n) is 3.68. The topological polar surface area (TPSA) is 107 Å². The van der Waals surface area contributed by atoms with Crippen LogP contribution in [-0.4, -0.2) is 27.7 Å². The van der Waals surface area contributed by atoms with Crippen molar-refractivity contribution in [2.24, 2.45) is 0 Å². The van der Waals surface area contributed by atoms with Gasteiger partial charge in [0, 0.05) is 25.2 Å². The molecule has 25 heavy (non-hydrogen) atoms. The van der Waals surface area contributed by atoms with Crippen LogP contribution in [0.25, 0.3) is 0 Å². The van der Waals surface area contributed by atoms with E-state index in [9.17, 15) is 29.4 Å². The first kappa shape index (κ1) is 18.0. The largest absolute Gasteiger partial charge is 0.337 e. The third-order valence-corrected chi connectivity index (χ3v) is 3.68. The van der Waals surface area contributed by atoms with Crippen molar-refractivity contribution in [2.75, 3.05) is 7.05 Å². The Morgan fingerprint density at radius 1 is 1.12 bits per heavy atom. The second kappa shape index (κ2) is 7.04. The van der Waals surface area contributed by atoms with Crippen LogP contribution in [0.5, 0.6) is 0 Å². The molecule has 0 aliphatic heterocycles. The zero-order valence-corrected chi connectivity index (χ0v) is 13.4. The van der Waals surface area contributed by atoms with Crippen LogP contribution in [0.2, 0.25) is 0 Å². The standard InChI is InChI=1S/C16H14FN3O5/c1-10-14(7-13(19(22)23)8-15(10)20(24)25)16(21)18(2)9-11-3-5-12(17)6-4-11/h3-8H,9H2,1-2H3. The van der Waals surface area contributed by atoms with Crippen LogP contribution in [0, 0.1) is 33.0 Å². The summed E-state index contributed by atoms with van der Waals surface area (Å²) in [5.41, 5.74) is -0.449. The van der Waals surface area contributed by atoms with Crippen LogP contribution >= 0.6 is 0 Å². The summed E-state index contributed by atoms with van der Waals surface area (Å²) in [5, 5.41) is 22.1. The fourth-order valence-electron chi connectivity index (χ4n) is 2.34. The van der Waals surface area contributed by atoms with Crippen molar-refractivity contribution in [3.63, 3.8) is 0 Å². The van der Waals surface area contributed by atoms with Gasteiger partial charge in [0.05, 0.1) is 21.5 Å². The molecule has 2 aromatic rings. The van der Waals surface area contributed by atoms with Crippen molar-refractivity contribution < 1.29 is 19.0 Å². The Bertz CT molecular complexity index is 852. The number of hydrogen-bond acceptors (Lipinski definition) is 5. The van der Waals surface area contributed by atoms with Crippen molar-refractivity contribution in [1.82, 2.24) is 4.90 Å². The minimum atomic E-state index is -0.788. The average molecular weight is 347 g/mol. The summed E-state index contributed by atoms with van der Waals surface area (Å²) in [4.78, 5) is 34.4. The number of amides is 1. The summed E-state index contributed by atoms with van der Waals surface area (Å²) in [6, 6.07) is 7.34. The predicted octanol–water partition coefficient (Wildman–Crippen LogP) is 3.22. The summed E-state index contributed by atoms with van der Waals surface area (Å²) < 4.78 is 12.9. The van der Waals surface area contributed by atoms with Crippen molar-refractivity contribution in [3.05, 3.63) is 79.1 Å². The average Bonchev–Trinajstić information content (AvgIpc) is 2.56. The van der Waals surface area contributed by atoms with Gasteiger partial charge in [0.2, 0.25) is 0 Å². The lowest BCUT2D eigenvalue weighted by molar-refractivity contribution is -0.394. The summed E-state index contributed by atoms with van der Waals surface area (Å²) in [6.07, 6.45) is 0. The molecule has 0 N–H and O–H groups in total. The van der Waals surface area contributed by atoms with Crippen LogP contribution in [0.1, 0.15) is 21.5 Å². The molecule has 0 saturated heterocycles. The molecule has 0 atom stereocenters. The molecule has 0 radical (unpaired) electrons. The van der Waals surface area contributed by atoms with Gasteiger partial charge in [-0.25, -0.2) is 4.39 Å². The third kappa shape index (κ3) is 3.94. The highest BCUT2D eigenvalue weighted by Gasteiger charge is 2.26. The highest BCUT2D eigenvalue weighted by atomic mass is 19.1. The lowest BCUT2D eigenvalue weighted by Gasteiger charge is -2.18. The van der Waals surface area contributed by atoms with Gasteiger partial charge in [-0.3, -0.25) is 25.0 Å². The van der Waals surface area contributed by atoms with E-state index in [0.717, 1.165) is 12.1 Å². The molecule has 0 aliphatic carbocycles. The number of halogens is 1. The maximum Gasteiger partial charge on any atom is 0.279 e. The number of benzene rings is 2. The van der Waals surface area contributed by atoms with E-state index < -0.39 is 32.9 Å². The molecule has 0 aromatic heterocycles. The Morgan fingerprint density at radius 2 is 1.72 bits per heavy atom. The predicted molar refractivity (Wildman–Crippen MR) is 86.7 cm³/mol. The summed E-state index contributed by atoms with van der Waals surface area (Å²) in [5.74, 6) is -1.02. The van der Waals surface area contributed by atoms with Crippen LogP contribution in [0.15, 0.2) is 36.4 Å². The number of hydrogen-bond donors (Lipinski definition) is 0. The number of rotatable bonds is 5. The second-order valence-electron chi connectivity index (χ2n) is 5.44. The number of carbonyl (C=O) groups is 1. The normalized spacial score (nSPS) is 10.4. The molecule has 0 saturated carbocycles. The quantitative estimate of drug-likeness (QED) is 0.610. The first-order valence-corrected chi connectivity index (χ1v) is 7.14. The maximum absolute atomic E-state index is 12.9. The first-order valence-electron chi connectivity index (χ1n) is 7.14. The van der Waals surface area contributed by atoms with Crippen LogP contribution < -0.4 is 0 Å². The molecule has 0 spiro atoms. The molecule has 130 valence electrons. The first-order chi connectivity index (χ1) is 11.7. The van der Waals surface area contributed by atoms with Gasteiger partial charge in [0.15, 0.2) is 0 Å². The molecular formula is C16H14FN3O5. The van der Waals surface area contributed by atoms with Crippen LogP contribution in [-0.2, 0) is 6.54 Å². The lowest BCUT2D eigenvalue weighted by Crippen LogP contribution is -2.27. The van der Waals surface area contributed by atoms with Crippen LogP contribution in [0.3, 0.4) is 0 Å². The molecule has 1 amide bonds. The fourth-order valence-corrected chi connectivity index (χ4v) is 2.34. The van der Waals surface area contributed by atoms with E-state index in [1.54, 1.807) is 0 Å². The van der Waals surface area contributed by atoms with Crippen molar-refractivity contribution in [3.8, 4) is 0 Å². The molecule has 2 aromatic carbocycles. The van der Waals surface area contributed by atoms with E-state index in [2.05, 4.69) is 0 Å². The van der Waals surface area contributed by atoms with E-state index in [0.29, 0.717) is 5.56 Å². The van der Waals surface area contributed by atoms with E-state index in [4.69, 9.17) is 0 Å². The van der Waals surface area contributed by atoms with Gasteiger partial charge in [-0.15, -0.1) is 0 Å². The highest BCUT2D eigenvalue weighted by molar-refractivity contribution is 5.97. The minimum Gasteiger partial charge on any atom is -0.337 e. The molecule has 0 fully saturated rings. The summed E-state index contributed by atoms with van der Waals surface area (Å²) in [7, 11) is 1.45. The fraction of sp³-hybridized carbons (Fsp3) is 0.188. The van der Waals surface area contributed by atoms with Gasteiger partial charge in [-0.05, 0) is 24.6 Å². The summed E-state index contributed by atoms with van der Waals surface area (Å²) >= 11 is 0. The molecule has 0 heterocycles. The van der Waals surface area contributed by atoms with Gasteiger partial charge in [0.1, 0.15) is 5.82 Å². The smallest absolute Gasteiger partial charge is 0.279 e. The lowest BCUT2D eigenvalue weighted by atomic mass is 10.0. The SMILES string of the molecule is Cc1c(C(=O)N(C)Cc2ccc(F)cc2)cc([N+](=O)[O-])cc1[N+](=O)[O-]. The Morgan fingerprint density at radius 3 is 2.24 bits per heavy atom. The Labute approximate surface area is 141 Å².